The van der Waals surface area contributed by atoms with Gasteiger partial charge in [-0.05, 0) is 19.1 Å². The summed E-state index contributed by atoms with van der Waals surface area (Å²) < 4.78 is 30.4. The highest BCUT2D eigenvalue weighted by Crippen LogP contribution is 2.09. The molecule has 0 saturated carbocycles. The normalized spacial score (nSPS) is 11.3. The smallest absolute Gasteiger partial charge is 0.235 e. The Morgan fingerprint density at radius 3 is 2.81 bits per heavy atom. The molecule has 0 saturated heterocycles. The molecule has 0 aliphatic rings. The molecule has 0 amide bonds. The van der Waals surface area contributed by atoms with Gasteiger partial charge in [-0.1, -0.05) is 0 Å². The molecule has 1 aromatic heterocycles. The summed E-state index contributed by atoms with van der Waals surface area (Å²) >= 11 is 0. The summed E-state index contributed by atoms with van der Waals surface area (Å²) in [4.78, 5) is 3.78. The molecule has 0 atom stereocenters. The van der Waals surface area contributed by atoms with Crippen LogP contribution in [0.2, 0.25) is 0 Å². The summed E-state index contributed by atoms with van der Waals surface area (Å²) in [6, 6.07) is 3.08. The van der Waals surface area contributed by atoms with E-state index in [1.54, 1.807) is 6.07 Å². The molecule has 0 radical (unpaired) electrons. The van der Waals surface area contributed by atoms with Gasteiger partial charge in [0.05, 0.1) is 24.2 Å². The first-order chi connectivity index (χ1) is 7.53. The summed E-state index contributed by atoms with van der Waals surface area (Å²) in [5, 5.41) is 0. The maximum absolute atomic E-state index is 11.5. The van der Waals surface area contributed by atoms with E-state index in [9.17, 15) is 8.42 Å². The van der Waals surface area contributed by atoms with E-state index >= 15 is 0 Å². The van der Waals surface area contributed by atoms with Crippen LogP contribution in [-0.2, 0) is 14.8 Å². The molecule has 0 spiro atoms. The summed E-state index contributed by atoms with van der Waals surface area (Å²) in [5.41, 5.74) is 5.77. The Bertz CT molecular complexity index is 416. The van der Waals surface area contributed by atoms with Crippen LogP contribution in [-0.4, -0.2) is 32.4 Å². The third-order valence-corrected chi connectivity index (χ3v) is 3.01. The second-order valence-corrected chi connectivity index (χ2v) is 4.93. The van der Waals surface area contributed by atoms with Crippen LogP contribution in [0.3, 0.4) is 0 Å². The van der Waals surface area contributed by atoms with E-state index in [0.717, 1.165) is 0 Å². The van der Waals surface area contributed by atoms with Crippen molar-refractivity contribution in [3.63, 3.8) is 0 Å². The maximum atomic E-state index is 11.5. The van der Waals surface area contributed by atoms with Crippen molar-refractivity contribution in [3.8, 4) is 0 Å². The van der Waals surface area contributed by atoms with Crippen molar-refractivity contribution in [2.45, 2.75) is 6.92 Å². The van der Waals surface area contributed by atoms with Crippen LogP contribution in [0.5, 0.6) is 0 Å². The van der Waals surface area contributed by atoms with Crippen LogP contribution >= 0.6 is 0 Å². The molecular weight excluding hydrogens is 230 g/mol. The molecule has 7 heteroatoms. The third kappa shape index (κ3) is 4.45. The van der Waals surface area contributed by atoms with Crippen LogP contribution in [0.1, 0.15) is 6.92 Å². The lowest BCUT2D eigenvalue weighted by atomic mass is 10.4. The zero-order chi connectivity index (χ0) is 12.0. The molecule has 0 unspecified atom stereocenters. The molecule has 0 bridgehead atoms. The van der Waals surface area contributed by atoms with Crippen LogP contribution in [0.4, 0.5) is 11.5 Å². The first kappa shape index (κ1) is 12.7. The number of hydrogen-bond acceptors (Lipinski definition) is 5. The van der Waals surface area contributed by atoms with Crippen LogP contribution in [0, 0.1) is 0 Å². The molecule has 1 heterocycles. The Labute approximate surface area is 94.9 Å². The lowest BCUT2D eigenvalue weighted by Gasteiger charge is -2.07. The predicted octanol–water partition coefficient (Wildman–Crippen LogP) is 0.442. The second-order valence-electron chi connectivity index (χ2n) is 3.09. The molecule has 6 nitrogen and oxygen atoms in total. The number of aromatic nitrogens is 1. The molecule has 1 rings (SSSR count). The number of nitrogens with one attached hydrogen (secondary N) is 1. The zero-order valence-corrected chi connectivity index (χ0v) is 9.83. The summed E-state index contributed by atoms with van der Waals surface area (Å²) in [6.45, 7) is 2.48. The van der Waals surface area contributed by atoms with Crippen molar-refractivity contribution in [2.24, 2.45) is 0 Å². The van der Waals surface area contributed by atoms with Gasteiger partial charge in [0.1, 0.15) is 5.82 Å². The predicted molar refractivity (Wildman–Crippen MR) is 62.6 cm³/mol. The number of anilines is 2. The lowest BCUT2D eigenvalue weighted by Crippen LogP contribution is -2.20. The number of rotatable bonds is 6. The van der Waals surface area contributed by atoms with Gasteiger partial charge in [0.15, 0.2) is 0 Å². The average Bonchev–Trinajstić information content (AvgIpc) is 2.21. The van der Waals surface area contributed by atoms with Gasteiger partial charge in [-0.25, -0.2) is 13.4 Å². The van der Waals surface area contributed by atoms with Crippen molar-refractivity contribution in [3.05, 3.63) is 18.3 Å². The number of ether oxygens (including phenoxy) is 1. The monoisotopic (exact) mass is 245 g/mol. The van der Waals surface area contributed by atoms with Gasteiger partial charge in [0, 0.05) is 6.61 Å². The Morgan fingerprint density at radius 2 is 2.25 bits per heavy atom. The fraction of sp³-hybridized carbons (Fsp3) is 0.444. The van der Waals surface area contributed by atoms with E-state index in [-0.39, 0.29) is 12.4 Å². The number of nitrogens with zero attached hydrogens (tertiary/aromatic N) is 1. The number of hydrogen-bond donors (Lipinski definition) is 2. The topological polar surface area (TPSA) is 94.3 Å². The Morgan fingerprint density at radius 1 is 1.50 bits per heavy atom. The Hall–Kier alpha value is -1.34. The summed E-state index contributed by atoms with van der Waals surface area (Å²) in [7, 11) is -3.38. The fourth-order valence-corrected chi connectivity index (χ4v) is 1.93. The van der Waals surface area contributed by atoms with Gasteiger partial charge in [-0.2, -0.15) is 0 Å². The van der Waals surface area contributed by atoms with Crippen molar-refractivity contribution in [2.75, 3.05) is 29.4 Å². The minimum absolute atomic E-state index is 0.0782. The SMILES string of the molecule is CCOCCS(=O)(=O)Nc1ccc(N)nc1. The highest BCUT2D eigenvalue weighted by molar-refractivity contribution is 7.92. The number of pyridine rings is 1. The molecule has 0 fully saturated rings. The van der Waals surface area contributed by atoms with E-state index < -0.39 is 10.0 Å². The Balaban J connectivity index is 2.55. The molecule has 0 aromatic carbocycles. The molecule has 0 aliphatic heterocycles. The van der Waals surface area contributed by atoms with Crippen LogP contribution < -0.4 is 10.5 Å². The number of sulfonamides is 1. The standard InChI is InChI=1S/C9H15N3O3S/c1-2-15-5-6-16(13,14)12-8-3-4-9(10)11-7-8/h3-4,7,12H,2,5-6H2,1H3,(H2,10,11). The third-order valence-electron chi connectivity index (χ3n) is 1.76. The summed E-state index contributed by atoms with van der Waals surface area (Å²) in [6.07, 6.45) is 1.37. The highest BCUT2D eigenvalue weighted by atomic mass is 32.2. The molecule has 90 valence electrons. The van der Waals surface area contributed by atoms with Crippen molar-refractivity contribution >= 4 is 21.5 Å². The highest BCUT2D eigenvalue weighted by Gasteiger charge is 2.09. The first-order valence-corrected chi connectivity index (χ1v) is 6.48. The molecule has 3 N–H and O–H groups in total. The van der Waals surface area contributed by atoms with Crippen molar-refractivity contribution < 1.29 is 13.2 Å². The molecule has 0 aliphatic carbocycles. The molecule has 16 heavy (non-hydrogen) atoms. The van der Waals surface area contributed by atoms with Gasteiger partial charge in [-0.15, -0.1) is 0 Å². The molecular formula is C9H15N3O3S. The molecule has 1 aromatic rings. The first-order valence-electron chi connectivity index (χ1n) is 4.83. The van der Waals surface area contributed by atoms with E-state index in [1.165, 1.54) is 12.3 Å². The fourth-order valence-electron chi connectivity index (χ4n) is 1.01. The van der Waals surface area contributed by atoms with Gasteiger partial charge < -0.3 is 10.5 Å². The van der Waals surface area contributed by atoms with Crippen LogP contribution in [0.15, 0.2) is 18.3 Å². The van der Waals surface area contributed by atoms with Gasteiger partial charge >= 0.3 is 0 Å². The van der Waals surface area contributed by atoms with E-state index in [1.807, 2.05) is 6.92 Å². The Kier molecular flexibility index (Phi) is 4.51. The number of nitrogen functional groups attached to an aromatic ring is 1. The van der Waals surface area contributed by atoms with E-state index in [0.29, 0.717) is 18.1 Å². The average molecular weight is 245 g/mol. The second kappa shape index (κ2) is 5.66. The minimum atomic E-state index is -3.38. The quantitative estimate of drug-likeness (QED) is 0.709. The van der Waals surface area contributed by atoms with Crippen molar-refractivity contribution in [1.82, 2.24) is 4.98 Å². The van der Waals surface area contributed by atoms with Crippen molar-refractivity contribution in [1.29, 1.82) is 0 Å². The maximum Gasteiger partial charge on any atom is 0.235 e. The van der Waals surface area contributed by atoms with Crippen LogP contribution in [0.25, 0.3) is 0 Å². The lowest BCUT2D eigenvalue weighted by molar-refractivity contribution is 0.163. The van der Waals surface area contributed by atoms with E-state index in [4.69, 9.17) is 10.5 Å². The zero-order valence-electron chi connectivity index (χ0n) is 9.01. The number of nitrogens with two attached hydrogens (primary N) is 1. The minimum Gasteiger partial charge on any atom is -0.384 e. The van der Waals surface area contributed by atoms with Gasteiger partial charge in [-0.3, -0.25) is 4.72 Å². The van der Waals surface area contributed by atoms with Gasteiger partial charge in [0.2, 0.25) is 10.0 Å². The largest absolute Gasteiger partial charge is 0.384 e. The van der Waals surface area contributed by atoms with E-state index in [2.05, 4.69) is 9.71 Å². The summed E-state index contributed by atoms with van der Waals surface area (Å²) in [5.74, 6) is 0.267. The van der Waals surface area contributed by atoms with Gasteiger partial charge in [0.25, 0.3) is 0 Å².